The fraction of sp³-hybridized carbons (Fsp3) is 0.355. The second-order valence-electron chi connectivity index (χ2n) is 10.6. The first-order valence-corrected chi connectivity index (χ1v) is 14.0. The van der Waals surface area contributed by atoms with Crippen molar-refractivity contribution in [3.8, 4) is 16.9 Å². The van der Waals surface area contributed by atoms with E-state index in [1.165, 1.54) is 6.20 Å². The predicted octanol–water partition coefficient (Wildman–Crippen LogP) is 5.45. The van der Waals surface area contributed by atoms with Crippen molar-refractivity contribution in [1.29, 1.82) is 0 Å². The number of nitrogens with one attached hydrogen (secondary N) is 1. The van der Waals surface area contributed by atoms with Gasteiger partial charge in [0.15, 0.2) is 11.6 Å². The van der Waals surface area contributed by atoms with Crippen LogP contribution in [-0.4, -0.2) is 66.9 Å². The number of rotatable bonds is 8. The Morgan fingerprint density at radius 2 is 1.88 bits per heavy atom. The van der Waals surface area contributed by atoms with Gasteiger partial charge in [-0.3, -0.25) is 4.99 Å². The standard InChI is InChI=1S/C31H36FN7O2/c1-5-39(4,31-34-18-27(32)30(37-31)38-13-15-41-16-14-38)35-20-28-21(2)22(3)29(19-33-28)36-25-11-9-23(10-12-25)24-7-6-8-26(40)17-24/h6-12,17-22H,5,13-16H2,1-4H3,(H-,35,36,40)/p+1. The lowest BCUT2D eigenvalue weighted by molar-refractivity contribution is 0.122. The predicted molar refractivity (Wildman–Crippen MR) is 163 cm³/mol. The first kappa shape index (κ1) is 28.4. The molecule has 0 bridgehead atoms. The monoisotopic (exact) mass is 558 g/mol. The number of anilines is 2. The van der Waals surface area contributed by atoms with Crippen LogP contribution >= 0.6 is 0 Å². The number of phenols is 1. The number of quaternary nitrogens is 1. The Balaban J connectivity index is 1.32. The number of aromatic nitrogens is 2. The minimum atomic E-state index is -0.444. The summed E-state index contributed by atoms with van der Waals surface area (Å²) in [6, 6.07) is 15.3. The third-order valence-corrected chi connectivity index (χ3v) is 7.93. The number of ether oxygens (including phenoxy) is 1. The number of hydrogen-bond acceptors (Lipinski definition) is 8. The molecule has 0 spiro atoms. The van der Waals surface area contributed by atoms with Crippen LogP contribution in [0.25, 0.3) is 11.1 Å². The topological polar surface area (TPSA) is 95.2 Å². The third kappa shape index (κ3) is 6.28. The Morgan fingerprint density at radius 3 is 2.59 bits per heavy atom. The van der Waals surface area contributed by atoms with Crippen molar-refractivity contribution in [3.05, 3.63) is 72.4 Å². The van der Waals surface area contributed by atoms with Crippen molar-refractivity contribution in [3.63, 3.8) is 0 Å². The number of halogens is 1. The van der Waals surface area contributed by atoms with Crippen molar-refractivity contribution in [2.45, 2.75) is 20.8 Å². The van der Waals surface area contributed by atoms with Crippen molar-refractivity contribution in [2.24, 2.45) is 21.9 Å². The molecule has 1 fully saturated rings. The molecular weight excluding hydrogens is 521 g/mol. The number of hydrogen-bond donors (Lipinski definition) is 2. The molecule has 2 aromatic carbocycles. The molecule has 3 atom stereocenters. The van der Waals surface area contributed by atoms with Crippen LogP contribution in [0.5, 0.6) is 5.75 Å². The summed E-state index contributed by atoms with van der Waals surface area (Å²) < 4.78 is 20.1. The van der Waals surface area contributed by atoms with Crippen LogP contribution in [0.1, 0.15) is 20.8 Å². The molecule has 9 nitrogen and oxygen atoms in total. The average Bonchev–Trinajstić information content (AvgIpc) is 3.00. The van der Waals surface area contributed by atoms with Crippen LogP contribution in [0.3, 0.4) is 0 Å². The number of phenolic OH excluding ortho intramolecular Hbond substituents is 1. The molecule has 2 N–H and O–H groups in total. The molecule has 3 unspecified atom stereocenters. The zero-order valence-electron chi connectivity index (χ0n) is 24.0. The largest absolute Gasteiger partial charge is 0.508 e. The Bertz CT molecular complexity index is 1470. The molecule has 0 amide bonds. The van der Waals surface area contributed by atoms with E-state index in [4.69, 9.17) is 14.8 Å². The van der Waals surface area contributed by atoms with Gasteiger partial charge in [-0.2, -0.15) is 9.97 Å². The Labute approximate surface area is 240 Å². The summed E-state index contributed by atoms with van der Waals surface area (Å²) in [6.45, 7) is 9.15. The SMILES string of the molecule is CC[N+](C)(/N=C/C1=NC=C(Nc2ccc(-c3cccc(O)c3)cc2)C(C)C1C)c1ncc(F)c(N2CCOCC2)n1. The second-order valence-corrected chi connectivity index (χ2v) is 10.6. The smallest absolute Gasteiger partial charge is 0.357 e. The molecular formula is C31H37FN7O2+. The van der Waals surface area contributed by atoms with Crippen molar-refractivity contribution in [1.82, 2.24) is 14.6 Å². The molecule has 1 saturated heterocycles. The van der Waals surface area contributed by atoms with Gasteiger partial charge in [-0.1, -0.05) is 43.2 Å². The van der Waals surface area contributed by atoms with E-state index >= 15 is 0 Å². The highest BCUT2D eigenvalue weighted by Gasteiger charge is 2.31. The van der Waals surface area contributed by atoms with E-state index < -0.39 is 5.82 Å². The highest BCUT2D eigenvalue weighted by Crippen LogP contribution is 2.30. The molecule has 2 aliphatic rings. The molecule has 5 rings (SSSR count). The summed E-state index contributed by atoms with van der Waals surface area (Å²) in [4.78, 5) is 15.5. The molecule has 3 aromatic rings. The van der Waals surface area contributed by atoms with Crippen LogP contribution in [0.2, 0.25) is 0 Å². The molecule has 41 heavy (non-hydrogen) atoms. The first-order chi connectivity index (χ1) is 19.8. The Morgan fingerprint density at radius 1 is 1.12 bits per heavy atom. The third-order valence-electron chi connectivity index (χ3n) is 7.93. The molecule has 10 heteroatoms. The highest BCUT2D eigenvalue weighted by atomic mass is 19.1. The van der Waals surface area contributed by atoms with E-state index in [0.717, 1.165) is 28.2 Å². The van der Waals surface area contributed by atoms with E-state index in [2.05, 4.69) is 29.1 Å². The lowest BCUT2D eigenvalue weighted by Crippen LogP contribution is -2.43. The quantitative estimate of drug-likeness (QED) is 0.217. The van der Waals surface area contributed by atoms with E-state index in [1.807, 2.05) is 61.5 Å². The molecule has 1 aromatic heterocycles. The van der Waals surface area contributed by atoms with Crippen LogP contribution in [0.4, 0.5) is 21.8 Å². The summed E-state index contributed by atoms with van der Waals surface area (Å²) >= 11 is 0. The van der Waals surface area contributed by atoms with Crippen molar-refractivity contribution < 1.29 is 14.2 Å². The van der Waals surface area contributed by atoms with Gasteiger partial charge in [0.1, 0.15) is 25.6 Å². The Hall–Kier alpha value is -4.15. The molecule has 0 aliphatic carbocycles. The Kier molecular flexibility index (Phi) is 8.41. The first-order valence-electron chi connectivity index (χ1n) is 14.0. The van der Waals surface area contributed by atoms with E-state index in [-0.39, 0.29) is 28.0 Å². The minimum Gasteiger partial charge on any atom is -0.508 e. The molecule has 0 saturated carbocycles. The van der Waals surface area contributed by atoms with Crippen molar-refractivity contribution >= 4 is 29.4 Å². The summed E-state index contributed by atoms with van der Waals surface area (Å²) in [6.07, 6.45) is 4.88. The van der Waals surface area contributed by atoms with Gasteiger partial charge in [0.05, 0.1) is 25.1 Å². The van der Waals surface area contributed by atoms with Crippen LogP contribution in [0.15, 0.2) is 76.7 Å². The zero-order chi connectivity index (χ0) is 29.0. The lowest BCUT2D eigenvalue weighted by Gasteiger charge is -2.30. The maximum absolute atomic E-state index is 14.6. The van der Waals surface area contributed by atoms with Gasteiger partial charge in [0.25, 0.3) is 0 Å². The van der Waals surface area contributed by atoms with E-state index in [0.29, 0.717) is 38.8 Å². The van der Waals surface area contributed by atoms with E-state index in [1.54, 1.807) is 18.3 Å². The van der Waals surface area contributed by atoms with Crippen LogP contribution in [-0.2, 0) is 4.74 Å². The van der Waals surface area contributed by atoms with E-state index in [9.17, 15) is 9.50 Å². The molecule has 3 heterocycles. The maximum atomic E-state index is 14.6. The minimum absolute atomic E-state index is 0.0676. The number of nitrogens with zero attached hydrogens (tertiary/aromatic N) is 6. The van der Waals surface area contributed by atoms with Gasteiger partial charge in [-0.15, -0.1) is 4.59 Å². The van der Waals surface area contributed by atoms with Gasteiger partial charge >= 0.3 is 5.95 Å². The second kappa shape index (κ2) is 12.2. The van der Waals surface area contributed by atoms with Gasteiger partial charge in [-0.25, -0.2) is 4.39 Å². The maximum Gasteiger partial charge on any atom is 0.357 e. The van der Waals surface area contributed by atoms with Gasteiger partial charge in [0, 0.05) is 42.5 Å². The fourth-order valence-electron chi connectivity index (χ4n) is 4.84. The lowest BCUT2D eigenvalue weighted by atomic mass is 9.87. The van der Waals surface area contributed by atoms with Gasteiger partial charge in [0.2, 0.25) is 0 Å². The highest BCUT2D eigenvalue weighted by molar-refractivity contribution is 6.32. The van der Waals surface area contributed by atoms with Crippen LogP contribution in [0, 0.1) is 17.7 Å². The summed E-state index contributed by atoms with van der Waals surface area (Å²) in [5, 5.41) is 18.1. The molecule has 214 valence electrons. The number of benzene rings is 2. The number of allylic oxidation sites excluding steroid dienone is 1. The number of aliphatic imine (C=N–C) groups is 1. The average molecular weight is 559 g/mol. The number of morpholine rings is 1. The number of aromatic hydroxyl groups is 1. The molecule has 0 radical (unpaired) electrons. The fourth-order valence-corrected chi connectivity index (χ4v) is 4.84. The normalized spacial score (nSPS) is 20.9. The molecule has 2 aliphatic heterocycles. The zero-order valence-corrected chi connectivity index (χ0v) is 24.0. The van der Waals surface area contributed by atoms with Gasteiger partial charge < -0.3 is 20.1 Å². The summed E-state index contributed by atoms with van der Waals surface area (Å²) in [5.74, 6) is 0.808. The van der Waals surface area contributed by atoms with Crippen molar-refractivity contribution in [2.75, 3.05) is 50.1 Å². The van der Waals surface area contributed by atoms with Gasteiger partial charge in [-0.05, 0) is 42.3 Å². The summed E-state index contributed by atoms with van der Waals surface area (Å²) in [5.41, 5.74) is 4.83. The van der Waals surface area contributed by atoms with Crippen LogP contribution < -0.4 is 14.8 Å². The summed E-state index contributed by atoms with van der Waals surface area (Å²) in [7, 11) is 1.91.